The molecule has 2 aromatic rings. The van der Waals surface area contributed by atoms with E-state index in [0.717, 1.165) is 11.2 Å². The SMILES string of the molecule is CC(C)c1ccc2c[nH]cc2n1. The molecule has 0 amide bonds. The van der Waals surface area contributed by atoms with Crippen LogP contribution in [0, 0.1) is 0 Å². The van der Waals surface area contributed by atoms with E-state index in [0.29, 0.717) is 5.92 Å². The fourth-order valence-electron chi connectivity index (χ4n) is 1.27. The van der Waals surface area contributed by atoms with Gasteiger partial charge in [-0.3, -0.25) is 4.98 Å². The first kappa shape index (κ1) is 7.35. The van der Waals surface area contributed by atoms with E-state index in [2.05, 4.69) is 35.9 Å². The first-order valence-electron chi connectivity index (χ1n) is 4.21. The Labute approximate surface area is 71.6 Å². The molecule has 1 N–H and O–H groups in total. The first-order chi connectivity index (χ1) is 5.77. The molecule has 0 spiro atoms. The molecule has 0 aliphatic carbocycles. The lowest BCUT2D eigenvalue weighted by Gasteiger charge is -2.02. The molecular formula is C10H12N2. The number of pyridine rings is 1. The van der Waals surface area contributed by atoms with Gasteiger partial charge >= 0.3 is 0 Å². The maximum atomic E-state index is 4.50. The van der Waals surface area contributed by atoms with Crippen molar-refractivity contribution >= 4 is 10.9 Å². The smallest absolute Gasteiger partial charge is 0.0879 e. The van der Waals surface area contributed by atoms with Gasteiger partial charge in [0.2, 0.25) is 0 Å². The van der Waals surface area contributed by atoms with Crippen LogP contribution in [0.3, 0.4) is 0 Å². The third-order valence-electron chi connectivity index (χ3n) is 2.03. The lowest BCUT2D eigenvalue weighted by molar-refractivity contribution is 0.830. The molecule has 0 fully saturated rings. The summed E-state index contributed by atoms with van der Waals surface area (Å²) in [7, 11) is 0. The van der Waals surface area contributed by atoms with Crippen molar-refractivity contribution in [2.45, 2.75) is 19.8 Å². The van der Waals surface area contributed by atoms with Gasteiger partial charge in [0.15, 0.2) is 0 Å². The van der Waals surface area contributed by atoms with Crippen molar-refractivity contribution in [3.8, 4) is 0 Å². The minimum absolute atomic E-state index is 0.504. The third kappa shape index (κ3) is 1.09. The molecule has 0 aliphatic rings. The molecule has 2 rings (SSSR count). The summed E-state index contributed by atoms with van der Waals surface area (Å²) in [6.45, 7) is 4.31. The van der Waals surface area contributed by atoms with Crippen LogP contribution in [0.5, 0.6) is 0 Å². The highest BCUT2D eigenvalue weighted by atomic mass is 14.8. The standard InChI is InChI=1S/C10H12N2/c1-7(2)9-4-3-8-5-11-6-10(8)12-9/h3-7,11H,1-2H3. The van der Waals surface area contributed by atoms with Crippen molar-refractivity contribution in [1.29, 1.82) is 0 Å². The van der Waals surface area contributed by atoms with E-state index in [4.69, 9.17) is 0 Å². The Kier molecular flexibility index (Phi) is 1.61. The molecular weight excluding hydrogens is 148 g/mol. The van der Waals surface area contributed by atoms with Crippen LogP contribution in [0.1, 0.15) is 25.5 Å². The summed E-state index contributed by atoms with van der Waals surface area (Å²) in [4.78, 5) is 7.54. The number of nitrogens with one attached hydrogen (secondary N) is 1. The Balaban J connectivity index is 2.60. The summed E-state index contributed by atoms with van der Waals surface area (Å²) < 4.78 is 0. The lowest BCUT2D eigenvalue weighted by Crippen LogP contribution is -1.90. The quantitative estimate of drug-likeness (QED) is 0.682. The normalized spacial score (nSPS) is 11.2. The number of rotatable bonds is 1. The molecule has 2 heterocycles. The van der Waals surface area contributed by atoms with Crippen LogP contribution < -0.4 is 0 Å². The van der Waals surface area contributed by atoms with Crippen molar-refractivity contribution in [2.75, 3.05) is 0 Å². The number of nitrogens with zero attached hydrogens (tertiary/aromatic N) is 1. The number of fused-ring (bicyclic) bond motifs is 1. The number of hydrogen-bond donors (Lipinski definition) is 1. The predicted molar refractivity (Wildman–Crippen MR) is 50.2 cm³/mol. The summed E-state index contributed by atoms with van der Waals surface area (Å²) in [5.74, 6) is 0.504. The van der Waals surface area contributed by atoms with Crippen molar-refractivity contribution < 1.29 is 0 Å². The van der Waals surface area contributed by atoms with E-state index in [-0.39, 0.29) is 0 Å². The highest BCUT2D eigenvalue weighted by Gasteiger charge is 2.01. The summed E-state index contributed by atoms with van der Waals surface area (Å²) in [5.41, 5.74) is 2.21. The minimum Gasteiger partial charge on any atom is -0.365 e. The molecule has 0 aliphatic heterocycles. The van der Waals surface area contributed by atoms with Crippen LogP contribution in [0.4, 0.5) is 0 Å². The van der Waals surface area contributed by atoms with E-state index in [9.17, 15) is 0 Å². The zero-order valence-electron chi connectivity index (χ0n) is 7.33. The van der Waals surface area contributed by atoms with Gasteiger partial charge in [0.25, 0.3) is 0 Å². The highest BCUT2D eigenvalue weighted by molar-refractivity contribution is 5.77. The highest BCUT2D eigenvalue weighted by Crippen LogP contribution is 2.16. The number of hydrogen-bond acceptors (Lipinski definition) is 1. The Morgan fingerprint density at radius 3 is 2.83 bits per heavy atom. The first-order valence-corrected chi connectivity index (χ1v) is 4.21. The maximum absolute atomic E-state index is 4.50. The van der Waals surface area contributed by atoms with Crippen LogP contribution >= 0.6 is 0 Å². The molecule has 2 aromatic heterocycles. The molecule has 0 saturated heterocycles. The predicted octanol–water partition coefficient (Wildman–Crippen LogP) is 2.69. The Morgan fingerprint density at radius 1 is 1.25 bits per heavy atom. The van der Waals surface area contributed by atoms with E-state index in [1.165, 1.54) is 5.39 Å². The molecule has 0 radical (unpaired) electrons. The van der Waals surface area contributed by atoms with Gasteiger partial charge in [-0.25, -0.2) is 0 Å². The van der Waals surface area contributed by atoms with Crippen LogP contribution in [0.25, 0.3) is 10.9 Å². The zero-order valence-corrected chi connectivity index (χ0v) is 7.33. The van der Waals surface area contributed by atoms with E-state index < -0.39 is 0 Å². The number of aromatic amines is 1. The minimum atomic E-state index is 0.504. The topological polar surface area (TPSA) is 28.7 Å². The van der Waals surface area contributed by atoms with Crippen molar-refractivity contribution in [3.05, 3.63) is 30.2 Å². The van der Waals surface area contributed by atoms with Crippen molar-refractivity contribution in [1.82, 2.24) is 9.97 Å². The van der Waals surface area contributed by atoms with Gasteiger partial charge in [0.05, 0.1) is 5.52 Å². The van der Waals surface area contributed by atoms with Crippen molar-refractivity contribution in [3.63, 3.8) is 0 Å². The second kappa shape index (κ2) is 2.63. The van der Waals surface area contributed by atoms with Gasteiger partial charge in [-0.1, -0.05) is 13.8 Å². The van der Waals surface area contributed by atoms with Gasteiger partial charge < -0.3 is 4.98 Å². The maximum Gasteiger partial charge on any atom is 0.0879 e. The fraction of sp³-hybridized carbons (Fsp3) is 0.300. The Hall–Kier alpha value is -1.31. The lowest BCUT2D eigenvalue weighted by atomic mass is 10.1. The second-order valence-corrected chi connectivity index (χ2v) is 3.32. The van der Waals surface area contributed by atoms with Crippen molar-refractivity contribution in [2.24, 2.45) is 0 Å². The summed E-state index contributed by atoms with van der Waals surface area (Å²) >= 11 is 0. The third-order valence-corrected chi connectivity index (χ3v) is 2.03. The Morgan fingerprint density at radius 2 is 2.08 bits per heavy atom. The van der Waals surface area contributed by atoms with Crippen LogP contribution in [0.15, 0.2) is 24.5 Å². The average Bonchev–Trinajstić information content (AvgIpc) is 2.49. The molecule has 0 atom stereocenters. The molecule has 0 aromatic carbocycles. The van der Waals surface area contributed by atoms with Gasteiger partial charge in [-0.05, 0) is 18.1 Å². The number of aromatic nitrogens is 2. The van der Waals surface area contributed by atoms with E-state index in [1.54, 1.807) is 0 Å². The average molecular weight is 160 g/mol. The second-order valence-electron chi connectivity index (χ2n) is 3.32. The fourth-order valence-corrected chi connectivity index (χ4v) is 1.27. The Bertz CT molecular complexity index is 387. The monoisotopic (exact) mass is 160 g/mol. The van der Waals surface area contributed by atoms with Gasteiger partial charge in [-0.2, -0.15) is 0 Å². The molecule has 2 nitrogen and oxygen atoms in total. The summed E-state index contributed by atoms with van der Waals surface area (Å²) in [5, 5.41) is 1.18. The van der Waals surface area contributed by atoms with Gasteiger partial charge in [0.1, 0.15) is 0 Å². The molecule has 2 heteroatoms. The summed E-state index contributed by atoms with van der Waals surface area (Å²) in [6, 6.07) is 4.19. The molecule has 62 valence electrons. The molecule has 0 unspecified atom stereocenters. The number of H-pyrrole nitrogens is 1. The zero-order chi connectivity index (χ0) is 8.55. The molecule has 12 heavy (non-hydrogen) atoms. The van der Waals surface area contributed by atoms with Gasteiger partial charge in [0, 0.05) is 23.5 Å². The van der Waals surface area contributed by atoms with E-state index >= 15 is 0 Å². The molecule has 0 bridgehead atoms. The van der Waals surface area contributed by atoms with Gasteiger partial charge in [-0.15, -0.1) is 0 Å². The molecule has 0 saturated carbocycles. The summed E-state index contributed by atoms with van der Waals surface area (Å²) in [6.07, 6.45) is 3.90. The van der Waals surface area contributed by atoms with E-state index in [1.807, 2.05) is 12.4 Å². The van der Waals surface area contributed by atoms with Crippen LogP contribution in [-0.4, -0.2) is 9.97 Å². The van der Waals surface area contributed by atoms with Crippen LogP contribution in [-0.2, 0) is 0 Å². The largest absolute Gasteiger partial charge is 0.365 e. The van der Waals surface area contributed by atoms with Crippen LogP contribution in [0.2, 0.25) is 0 Å².